The molecule has 0 spiro atoms. The van der Waals surface area contributed by atoms with Crippen molar-refractivity contribution in [3.8, 4) is 0 Å². The molecule has 0 bridgehead atoms. The zero-order chi connectivity index (χ0) is 13.9. The molecule has 126 valence electrons. The molecule has 2 unspecified atom stereocenters. The van der Waals surface area contributed by atoms with E-state index in [2.05, 4.69) is 17.1 Å². The lowest BCUT2D eigenvalue weighted by Gasteiger charge is -2.37. The second kappa shape index (κ2) is 9.19. The molecule has 1 amide bonds. The largest absolute Gasteiger partial charge is 0.355 e. The molecule has 2 rings (SSSR count). The van der Waals surface area contributed by atoms with Gasteiger partial charge in [0.05, 0.1) is 5.92 Å². The fourth-order valence-corrected chi connectivity index (χ4v) is 3.27. The van der Waals surface area contributed by atoms with E-state index in [1.807, 2.05) is 6.92 Å². The van der Waals surface area contributed by atoms with Crippen molar-refractivity contribution in [2.24, 2.45) is 11.7 Å². The third-order valence-electron chi connectivity index (χ3n) is 4.74. The van der Waals surface area contributed by atoms with Crippen molar-refractivity contribution in [1.82, 2.24) is 10.2 Å². The average molecular weight is 340 g/mol. The Bertz CT molecular complexity index is 322. The van der Waals surface area contributed by atoms with E-state index < -0.39 is 0 Å². The van der Waals surface area contributed by atoms with Gasteiger partial charge in [0.15, 0.2) is 0 Å². The molecule has 4 nitrogen and oxygen atoms in total. The van der Waals surface area contributed by atoms with E-state index in [1.165, 1.54) is 12.8 Å². The van der Waals surface area contributed by atoms with Crippen molar-refractivity contribution >= 4 is 30.7 Å². The first-order chi connectivity index (χ1) is 9.04. The quantitative estimate of drug-likeness (QED) is 0.780. The molecule has 0 aromatic rings. The van der Waals surface area contributed by atoms with Gasteiger partial charge in [-0.05, 0) is 39.2 Å². The Morgan fingerprint density at radius 3 is 2.48 bits per heavy atom. The molecule has 2 saturated carbocycles. The summed E-state index contributed by atoms with van der Waals surface area (Å²) in [7, 11) is 0. The van der Waals surface area contributed by atoms with E-state index >= 15 is 0 Å². The molecule has 0 saturated heterocycles. The number of hydrogen-bond donors (Lipinski definition) is 2. The second-order valence-corrected chi connectivity index (χ2v) is 6.45. The van der Waals surface area contributed by atoms with Gasteiger partial charge < -0.3 is 11.1 Å². The topological polar surface area (TPSA) is 58.4 Å². The van der Waals surface area contributed by atoms with Crippen LogP contribution in [-0.4, -0.2) is 42.0 Å². The Kier molecular flexibility index (Phi) is 9.17. The Morgan fingerprint density at radius 1 is 1.29 bits per heavy atom. The number of hydrogen-bond acceptors (Lipinski definition) is 3. The molecule has 2 aliphatic rings. The fourth-order valence-electron chi connectivity index (χ4n) is 3.27. The van der Waals surface area contributed by atoms with Gasteiger partial charge in [0.1, 0.15) is 0 Å². The predicted molar refractivity (Wildman–Crippen MR) is 92.3 cm³/mol. The smallest absolute Gasteiger partial charge is 0.225 e. The fraction of sp³-hybridized carbons (Fsp3) is 0.933. The highest BCUT2D eigenvalue weighted by molar-refractivity contribution is 5.85. The molecular formula is C15H31Cl2N3O. The first-order valence-electron chi connectivity index (χ1n) is 7.85. The van der Waals surface area contributed by atoms with Crippen molar-refractivity contribution in [3.63, 3.8) is 0 Å². The molecular weight excluding hydrogens is 309 g/mol. The van der Waals surface area contributed by atoms with Crippen molar-refractivity contribution in [2.45, 2.75) is 64.0 Å². The molecule has 2 fully saturated rings. The van der Waals surface area contributed by atoms with E-state index in [-0.39, 0.29) is 42.2 Å². The van der Waals surface area contributed by atoms with Crippen LogP contribution >= 0.6 is 24.8 Å². The van der Waals surface area contributed by atoms with Crippen LogP contribution in [0.3, 0.4) is 0 Å². The maximum Gasteiger partial charge on any atom is 0.225 e. The van der Waals surface area contributed by atoms with Crippen LogP contribution in [0.15, 0.2) is 0 Å². The Labute approximate surface area is 141 Å². The van der Waals surface area contributed by atoms with E-state index in [0.29, 0.717) is 0 Å². The molecule has 21 heavy (non-hydrogen) atoms. The lowest BCUT2D eigenvalue weighted by Crippen LogP contribution is -2.53. The van der Waals surface area contributed by atoms with Gasteiger partial charge in [-0.25, -0.2) is 0 Å². The Morgan fingerprint density at radius 2 is 1.95 bits per heavy atom. The average Bonchev–Trinajstić information content (AvgIpc) is 3.18. The first-order valence-corrected chi connectivity index (χ1v) is 7.85. The number of likely N-dealkylation sites (N-methyl/N-ethyl adjacent to an activating group) is 1. The van der Waals surface area contributed by atoms with Gasteiger partial charge in [0.2, 0.25) is 5.91 Å². The van der Waals surface area contributed by atoms with Crippen LogP contribution in [0.4, 0.5) is 0 Å². The van der Waals surface area contributed by atoms with Gasteiger partial charge in [-0.1, -0.05) is 19.8 Å². The lowest BCUT2D eigenvalue weighted by atomic mass is 9.74. The minimum absolute atomic E-state index is 0. The molecule has 2 aliphatic carbocycles. The Balaban J connectivity index is 0.00000200. The highest BCUT2D eigenvalue weighted by atomic mass is 35.5. The van der Waals surface area contributed by atoms with Crippen LogP contribution in [0.5, 0.6) is 0 Å². The van der Waals surface area contributed by atoms with Gasteiger partial charge in [-0.15, -0.1) is 24.8 Å². The van der Waals surface area contributed by atoms with Crippen LogP contribution in [0, 0.1) is 5.92 Å². The number of nitrogens with zero attached hydrogens (tertiary/aromatic N) is 1. The summed E-state index contributed by atoms with van der Waals surface area (Å²) in [6, 6.07) is 0.774. The summed E-state index contributed by atoms with van der Waals surface area (Å²) in [6.45, 7) is 7.03. The summed E-state index contributed by atoms with van der Waals surface area (Å²) in [4.78, 5) is 14.7. The van der Waals surface area contributed by atoms with E-state index in [4.69, 9.17) is 5.73 Å². The van der Waals surface area contributed by atoms with Crippen LogP contribution in [0.25, 0.3) is 0 Å². The van der Waals surface area contributed by atoms with Crippen molar-refractivity contribution in [1.29, 1.82) is 0 Å². The van der Waals surface area contributed by atoms with Gasteiger partial charge in [0.25, 0.3) is 0 Å². The first kappa shape index (κ1) is 21.0. The van der Waals surface area contributed by atoms with Gasteiger partial charge in [-0.2, -0.15) is 0 Å². The molecule has 0 heterocycles. The second-order valence-electron chi connectivity index (χ2n) is 6.45. The number of amides is 1. The van der Waals surface area contributed by atoms with Crippen LogP contribution in [0.1, 0.15) is 52.4 Å². The molecule has 3 N–H and O–H groups in total. The number of nitrogens with two attached hydrogens (primary N) is 1. The van der Waals surface area contributed by atoms with Crippen molar-refractivity contribution < 1.29 is 4.79 Å². The van der Waals surface area contributed by atoms with Crippen molar-refractivity contribution in [2.75, 3.05) is 19.6 Å². The zero-order valence-corrected chi connectivity index (χ0v) is 14.9. The number of carbonyl (C=O) groups excluding carboxylic acids is 1. The SMILES string of the molecule is CCN(CCNC(=O)C1CCCCC1(C)N)C1CC1.Cl.Cl. The summed E-state index contributed by atoms with van der Waals surface area (Å²) in [5, 5.41) is 3.09. The minimum atomic E-state index is -0.316. The molecule has 0 aromatic heterocycles. The van der Waals surface area contributed by atoms with E-state index in [1.54, 1.807) is 0 Å². The number of nitrogens with one attached hydrogen (secondary N) is 1. The normalized spacial score (nSPS) is 28.5. The third-order valence-corrected chi connectivity index (χ3v) is 4.74. The maximum atomic E-state index is 12.3. The van der Waals surface area contributed by atoms with Crippen LogP contribution < -0.4 is 11.1 Å². The predicted octanol–water partition coefficient (Wildman–Crippen LogP) is 2.34. The van der Waals surface area contributed by atoms with Crippen LogP contribution in [0.2, 0.25) is 0 Å². The van der Waals surface area contributed by atoms with E-state index in [9.17, 15) is 4.79 Å². The van der Waals surface area contributed by atoms with Gasteiger partial charge in [-0.3, -0.25) is 9.69 Å². The molecule has 6 heteroatoms. The third kappa shape index (κ3) is 5.93. The summed E-state index contributed by atoms with van der Waals surface area (Å²) >= 11 is 0. The number of rotatable bonds is 6. The number of carbonyl (C=O) groups is 1. The molecule has 0 aliphatic heterocycles. The summed E-state index contributed by atoms with van der Waals surface area (Å²) in [6.07, 6.45) is 6.85. The monoisotopic (exact) mass is 339 g/mol. The maximum absolute atomic E-state index is 12.3. The standard InChI is InChI=1S/C15H29N3O.2ClH/c1-3-18(12-7-8-12)11-10-17-14(19)13-6-4-5-9-15(13,2)16;;/h12-13H,3-11,16H2,1-2H3,(H,17,19);2*1H. The summed E-state index contributed by atoms with van der Waals surface area (Å²) in [5.74, 6) is 0.161. The zero-order valence-electron chi connectivity index (χ0n) is 13.3. The van der Waals surface area contributed by atoms with Crippen LogP contribution in [-0.2, 0) is 4.79 Å². The highest BCUT2D eigenvalue weighted by Crippen LogP contribution is 2.31. The Hall–Kier alpha value is -0.0300. The molecule has 0 aromatic carbocycles. The van der Waals surface area contributed by atoms with E-state index in [0.717, 1.165) is 51.4 Å². The van der Waals surface area contributed by atoms with Crippen molar-refractivity contribution in [3.05, 3.63) is 0 Å². The highest BCUT2D eigenvalue weighted by Gasteiger charge is 2.37. The minimum Gasteiger partial charge on any atom is -0.355 e. The summed E-state index contributed by atoms with van der Waals surface area (Å²) in [5.41, 5.74) is 5.95. The van der Waals surface area contributed by atoms with Gasteiger partial charge >= 0.3 is 0 Å². The lowest BCUT2D eigenvalue weighted by molar-refractivity contribution is -0.128. The van der Waals surface area contributed by atoms with Gasteiger partial charge in [0, 0.05) is 24.7 Å². The summed E-state index contributed by atoms with van der Waals surface area (Å²) < 4.78 is 0. The molecule has 0 radical (unpaired) electrons. The number of halogens is 2. The molecule has 2 atom stereocenters.